The van der Waals surface area contributed by atoms with E-state index in [9.17, 15) is 0 Å². The van der Waals surface area contributed by atoms with Gasteiger partial charge < -0.3 is 4.98 Å². The molecule has 17 heavy (non-hydrogen) atoms. The van der Waals surface area contributed by atoms with E-state index >= 15 is 0 Å². The number of benzene rings is 1. The van der Waals surface area contributed by atoms with Crippen molar-refractivity contribution in [2.45, 2.75) is 25.8 Å². The summed E-state index contributed by atoms with van der Waals surface area (Å²) >= 11 is 0. The molecule has 0 spiro atoms. The molecule has 0 saturated carbocycles. The second-order valence-electron chi connectivity index (χ2n) is 4.07. The van der Waals surface area contributed by atoms with Gasteiger partial charge in [0.2, 0.25) is 0 Å². The van der Waals surface area contributed by atoms with Crippen LogP contribution >= 0.6 is 0 Å². The minimum absolute atomic E-state index is 0.0827. The van der Waals surface area contributed by atoms with Gasteiger partial charge in [-0.1, -0.05) is 37.6 Å². The molecule has 90 valence electrons. The van der Waals surface area contributed by atoms with E-state index in [0.717, 1.165) is 24.2 Å². The van der Waals surface area contributed by atoms with Crippen molar-refractivity contribution in [3.05, 3.63) is 53.6 Å². The summed E-state index contributed by atoms with van der Waals surface area (Å²) in [4.78, 5) is 7.30. The quantitative estimate of drug-likeness (QED) is 0.543. The van der Waals surface area contributed by atoms with Crippen LogP contribution in [-0.4, -0.2) is 9.97 Å². The first kappa shape index (κ1) is 11.8. The van der Waals surface area contributed by atoms with Gasteiger partial charge in [0.25, 0.3) is 0 Å². The van der Waals surface area contributed by atoms with Crippen molar-refractivity contribution in [3.8, 4) is 0 Å². The minimum atomic E-state index is -0.0827. The highest BCUT2D eigenvalue weighted by Crippen LogP contribution is 2.18. The van der Waals surface area contributed by atoms with Crippen LogP contribution in [0.3, 0.4) is 0 Å². The number of rotatable bonds is 5. The standard InChI is InChI=1S/C13H18N4/c1-2-3-10-4-6-11(7-5-10)12(17-14)13-15-8-9-16-13/h4-9,12,17H,2-3,14H2,1H3,(H,15,16). The second kappa shape index (κ2) is 5.61. The van der Waals surface area contributed by atoms with Gasteiger partial charge in [0.15, 0.2) is 0 Å². The van der Waals surface area contributed by atoms with Gasteiger partial charge in [-0.05, 0) is 17.5 Å². The van der Waals surface area contributed by atoms with Crippen molar-refractivity contribution in [1.82, 2.24) is 15.4 Å². The van der Waals surface area contributed by atoms with E-state index < -0.39 is 0 Å². The summed E-state index contributed by atoms with van der Waals surface area (Å²) in [6.07, 6.45) is 5.80. The maximum absolute atomic E-state index is 5.58. The highest BCUT2D eigenvalue weighted by Gasteiger charge is 2.13. The SMILES string of the molecule is CCCc1ccc(C(NN)c2ncc[nH]2)cc1. The van der Waals surface area contributed by atoms with Gasteiger partial charge in [-0.3, -0.25) is 5.84 Å². The van der Waals surface area contributed by atoms with Crippen molar-refractivity contribution < 1.29 is 0 Å². The van der Waals surface area contributed by atoms with Crippen LogP contribution in [-0.2, 0) is 6.42 Å². The minimum Gasteiger partial charge on any atom is -0.347 e. The molecular formula is C13H18N4. The van der Waals surface area contributed by atoms with E-state index in [2.05, 4.69) is 46.6 Å². The van der Waals surface area contributed by atoms with E-state index in [4.69, 9.17) is 5.84 Å². The Balaban J connectivity index is 2.20. The van der Waals surface area contributed by atoms with Crippen molar-refractivity contribution in [3.63, 3.8) is 0 Å². The Morgan fingerprint density at radius 2 is 2.12 bits per heavy atom. The Kier molecular flexibility index (Phi) is 3.90. The maximum Gasteiger partial charge on any atom is 0.129 e. The third-order valence-corrected chi connectivity index (χ3v) is 2.81. The van der Waals surface area contributed by atoms with E-state index in [1.807, 2.05) is 0 Å². The van der Waals surface area contributed by atoms with Crippen molar-refractivity contribution in [1.29, 1.82) is 0 Å². The molecule has 2 rings (SSSR count). The number of aromatic amines is 1. The molecule has 1 atom stereocenters. The molecule has 1 unspecified atom stereocenters. The monoisotopic (exact) mass is 230 g/mol. The van der Waals surface area contributed by atoms with Gasteiger partial charge in [0, 0.05) is 12.4 Å². The summed E-state index contributed by atoms with van der Waals surface area (Å²) < 4.78 is 0. The molecule has 4 nitrogen and oxygen atoms in total. The highest BCUT2D eigenvalue weighted by molar-refractivity contribution is 5.28. The number of aryl methyl sites for hydroxylation is 1. The molecule has 1 heterocycles. The summed E-state index contributed by atoms with van der Waals surface area (Å²) in [5.41, 5.74) is 5.24. The molecule has 0 amide bonds. The average molecular weight is 230 g/mol. The highest BCUT2D eigenvalue weighted by atomic mass is 15.2. The first-order valence-corrected chi connectivity index (χ1v) is 5.89. The molecule has 0 saturated heterocycles. The molecule has 0 aliphatic rings. The third kappa shape index (κ3) is 2.72. The van der Waals surface area contributed by atoms with E-state index in [1.54, 1.807) is 12.4 Å². The van der Waals surface area contributed by atoms with Gasteiger partial charge >= 0.3 is 0 Å². The van der Waals surface area contributed by atoms with Crippen molar-refractivity contribution in [2.75, 3.05) is 0 Å². The predicted molar refractivity (Wildman–Crippen MR) is 68.2 cm³/mol. The number of hydrazine groups is 1. The van der Waals surface area contributed by atoms with Gasteiger partial charge in [-0.25, -0.2) is 10.4 Å². The van der Waals surface area contributed by atoms with Crippen LogP contribution in [0.2, 0.25) is 0 Å². The number of aromatic nitrogens is 2. The molecule has 2 aromatic rings. The van der Waals surface area contributed by atoms with E-state index in [1.165, 1.54) is 5.56 Å². The van der Waals surface area contributed by atoms with Crippen LogP contribution in [0.15, 0.2) is 36.7 Å². The molecule has 0 aliphatic heterocycles. The molecule has 1 aromatic heterocycles. The molecule has 1 aromatic carbocycles. The van der Waals surface area contributed by atoms with Gasteiger partial charge in [-0.15, -0.1) is 0 Å². The number of H-pyrrole nitrogens is 1. The smallest absolute Gasteiger partial charge is 0.129 e. The van der Waals surface area contributed by atoms with Crippen molar-refractivity contribution in [2.24, 2.45) is 5.84 Å². The average Bonchev–Trinajstić information content (AvgIpc) is 2.86. The largest absolute Gasteiger partial charge is 0.347 e. The van der Waals surface area contributed by atoms with Gasteiger partial charge in [0.1, 0.15) is 11.9 Å². The van der Waals surface area contributed by atoms with Crippen LogP contribution in [0.25, 0.3) is 0 Å². The molecular weight excluding hydrogens is 212 g/mol. The molecule has 4 N–H and O–H groups in total. The van der Waals surface area contributed by atoms with E-state index in [0.29, 0.717) is 0 Å². The Morgan fingerprint density at radius 1 is 1.35 bits per heavy atom. The number of imidazole rings is 1. The summed E-state index contributed by atoms with van der Waals surface area (Å²) in [7, 11) is 0. The number of hydrogen-bond acceptors (Lipinski definition) is 3. The number of nitrogens with zero attached hydrogens (tertiary/aromatic N) is 1. The summed E-state index contributed by atoms with van der Waals surface area (Å²) in [6.45, 7) is 2.18. The van der Waals surface area contributed by atoms with Crippen LogP contribution in [0.1, 0.15) is 36.3 Å². The molecule has 0 bridgehead atoms. The zero-order valence-electron chi connectivity index (χ0n) is 9.98. The zero-order valence-corrected chi connectivity index (χ0v) is 9.98. The molecule has 0 radical (unpaired) electrons. The van der Waals surface area contributed by atoms with Gasteiger partial charge in [-0.2, -0.15) is 0 Å². The Labute approximate surface area is 101 Å². The predicted octanol–water partition coefficient (Wildman–Crippen LogP) is 1.91. The fourth-order valence-corrected chi connectivity index (χ4v) is 1.93. The molecule has 4 heteroatoms. The Hall–Kier alpha value is -1.65. The Bertz CT molecular complexity index is 433. The first-order chi connectivity index (χ1) is 8.35. The van der Waals surface area contributed by atoms with Crippen molar-refractivity contribution >= 4 is 0 Å². The fraction of sp³-hybridized carbons (Fsp3) is 0.308. The summed E-state index contributed by atoms with van der Waals surface area (Å²) in [5, 5.41) is 0. The first-order valence-electron chi connectivity index (χ1n) is 5.89. The summed E-state index contributed by atoms with van der Waals surface area (Å²) in [6, 6.07) is 8.40. The van der Waals surface area contributed by atoms with Crippen LogP contribution < -0.4 is 11.3 Å². The zero-order chi connectivity index (χ0) is 12.1. The lowest BCUT2D eigenvalue weighted by Gasteiger charge is -2.14. The summed E-state index contributed by atoms with van der Waals surface area (Å²) in [5.74, 6) is 6.41. The lowest BCUT2D eigenvalue weighted by Crippen LogP contribution is -2.29. The third-order valence-electron chi connectivity index (χ3n) is 2.81. The number of nitrogens with two attached hydrogens (primary N) is 1. The number of nitrogens with one attached hydrogen (secondary N) is 2. The topological polar surface area (TPSA) is 66.7 Å². The maximum atomic E-state index is 5.58. The van der Waals surface area contributed by atoms with Crippen LogP contribution in [0.4, 0.5) is 0 Å². The fourth-order valence-electron chi connectivity index (χ4n) is 1.93. The Morgan fingerprint density at radius 3 is 2.65 bits per heavy atom. The van der Waals surface area contributed by atoms with E-state index in [-0.39, 0.29) is 6.04 Å². The lowest BCUT2D eigenvalue weighted by molar-refractivity contribution is 0.608. The lowest BCUT2D eigenvalue weighted by atomic mass is 10.0. The van der Waals surface area contributed by atoms with Crippen LogP contribution in [0, 0.1) is 0 Å². The number of hydrogen-bond donors (Lipinski definition) is 3. The molecule has 0 aliphatic carbocycles. The molecule has 0 fully saturated rings. The van der Waals surface area contributed by atoms with Crippen LogP contribution in [0.5, 0.6) is 0 Å². The second-order valence-corrected chi connectivity index (χ2v) is 4.07. The van der Waals surface area contributed by atoms with Gasteiger partial charge in [0.05, 0.1) is 0 Å². The normalized spacial score (nSPS) is 12.6.